The molecule has 23 heavy (non-hydrogen) atoms. The third-order valence-corrected chi connectivity index (χ3v) is 4.38. The van der Waals surface area contributed by atoms with Crippen LogP contribution in [0.1, 0.15) is 22.9 Å². The average molecular weight is 324 g/mol. The molecule has 0 fully saturated rings. The van der Waals surface area contributed by atoms with Gasteiger partial charge in [0.1, 0.15) is 6.04 Å². The van der Waals surface area contributed by atoms with Gasteiger partial charge in [-0.25, -0.2) is 9.98 Å². The second-order valence-electron chi connectivity index (χ2n) is 5.68. The van der Waals surface area contributed by atoms with Crippen molar-refractivity contribution in [1.82, 2.24) is 9.55 Å². The molecule has 4 nitrogen and oxygen atoms in total. The Labute approximate surface area is 138 Å². The van der Waals surface area contributed by atoms with Gasteiger partial charge in [0, 0.05) is 17.0 Å². The summed E-state index contributed by atoms with van der Waals surface area (Å²) in [6, 6.07) is 7.41. The Balaban J connectivity index is 1.81. The number of fused-ring (bicyclic) bond motifs is 3. The standard InChI is InChI=1S/C18H14ClN3O/c1-11-14(10-12-5-4-6-13(19)9-12)17(23)22-16-8-3-2-7-15(16)21-18(22)20-11/h2-9,16H,10H2,1H3. The minimum absolute atomic E-state index is 0.0313. The number of benzene rings is 1. The predicted octanol–water partition coefficient (Wildman–Crippen LogP) is 3.55. The molecule has 1 aliphatic carbocycles. The van der Waals surface area contributed by atoms with Gasteiger partial charge >= 0.3 is 0 Å². The van der Waals surface area contributed by atoms with Crippen molar-refractivity contribution in [3.8, 4) is 0 Å². The lowest BCUT2D eigenvalue weighted by molar-refractivity contribution is 0.719. The molecule has 0 amide bonds. The highest BCUT2D eigenvalue weighted by molar-refractivity contribution is 6.30. The van der Waals surface area contributed by atoms with E-state index in [9.17, 15) is 4.79 Å². The summed E-state index contributed by atoms with van der Waals surface area (Å²) in [5.74, 6) is 0.485. The molecule has 114 valence electrons. The van der Waals surface area contributed by atoms with Crippen molar-refractivity contribution in [1.29, 1.82) is 0 Å². The van der Waals surface area contributed by atoms with Crippen LogP contribution in [0.3, 0.4) is 0 Å². The lowest BCUT2D eigenvalue weighted by atomic mass is 10.0. The molecule has 0 saturated heterocycles. The molecular weight excluding hydrogens is 310 g/mol. The van der Waals surface area contributed by atoms with Crippen LogP contribution >= 0.6 is 11.6 Å². The van der Waals surface area contributed by atoms with Gasteiger partial charge < -0.3 is 0 Å². The molecule has 1 atom stereocenters. The fraction of sp³-hybridized carbons (Fsp3) is 0.167. The summed E-state index contributed by atoms with van der Waals surface area (Å²) in [6.07, 6.45) is 8.26. The number of allylic oxidation sites excluding steroid dienone is 4. The Bertz CT molecular complexity index is 953. The number of aryl methyl sites for hydroxylation is 1. The van der Waals surface area contributed by atoms with E-state index in [1.54, 1.807) is 4.57 Å². The topological polar surface area (TPSA) is 47.2 Å². The maximum absolute atomic E-state index is 13.0. The molecule has 2 aromatic rings. The van der Waals surface area contributed by atoms with Gasteiger partial charge in [-0.05, 0) is 30.7 Å². The molecule has 2 aliphatic rings. The molecule has 0 saturated carbocycles. The molecule has 1 aliphatic heterocycles. The van der Waals surface area contributed by atoms with Crippen LogP contribution < -0.4 is 5.56 Å². The zero-order valence-electron chi connectivity index (χ0n) is 12.5. The molecule has 0 spiro atoms. The molecule has 1 aromatic heterocycles. The molecule has 1 aromatic carbocycles. The highest BCUT2D eigenvalue weighted by atomic mass is 35.5. The average Bonchev–Trinajstić information content (AvgIpc) is 2.89. The van der Waals surface area contributed by atoms with E-state index in [2.05, 4.69) is 9.98 Å². The van der Waals surface area contributed by atoms with E-state index in [0.717, 1.165) is 17.0 Å². The van der Waals surface area contributed by atoms with E-state index >= 15 is 0 Å². The predicted molar refractivity (Wildman–Crippen MR) is 91.9 cm³/mol. The molecule has 0 bridgehead atoms. The van der Waals surface area contributed by atoms with Crippen LogP contribution in [-0.2, 0) is 6.42 Å². The maximum atomic E-state index is 13.0. The van der Waals surface area contributed by atoms with Crippen molar-refractivity contribution in [3.05, 3.63) is 80.8 Å². The first-order chi connectivity index (χ1) is 11.1. The van der Waals surface area contributed by atoms with Gasteiger partial charge in [0.2, 0.25) is 5.95 Å². The fourth-order valence-electron chi connectivity index (χ4n) is 3.00. The summed E-state index contributed by atoms with van der Waals surface area (Å²) in [5, 5.41) is 0.667. The van der Waals surface area contributed by atoms with Crippen molar-refractivity contribution in [2.45, 2.75) is 19.4 Å². The molecule has 0 N–H and O–H groups in total. The van der Waals surface area contributed by atoms with E-state index in [-0.39, 0.29) is 11.6 Å². The Morgan fingerprint density at radius 3 is 3.00 bits per heavy atom. The van der Waals surface area contributed by atoms with E-state index in [1.165, 1.54) is 0 Å². The lowest BCUT2D eigenvalue weighted by Crippen LogP contribution is -2.29. The fourth-order valence-corrected chi connectivity index (χ4v) is 3.22. The third kappa shape index (κ3) is 2.35. The summed E-state index contributed by atoms with van der Waals surface area (Å²) in [7, 11) is 0. The Kier molecular flexibility index (Phi) is 3.27. The highest BCUT2D eigenvalue weighted by Gasteiger charge is 2.28. The van der Waals surface area contributed by atoms with Crippen molar-refractivity contribution in [2.24, 2.45) is 4.99 Å². The molecule has 0 radical (unpaired) electrons. The van der Waals surface area contributed by atoms with E-state index < -0.39 is 0 Å². The van der Waals surface area contributed by atoms with Gasteiger partial charge in [0.05, 0.1) is 11.4 Å². The van der Waals surface area contributed by atoms with Gasteiger partial charge in [-0.1, -0.05) is 42.0 Å². The molecule has 4 rings (SSSR count). The number of aliphatic imine (C=N–C) groups is 1. The van der Waals surface area contributed by atoms with Crippen LogP contribution in [0, 0.1) is 6.92 Å². The Hall–Kier alpha value is -2.46. The Morgan fingerprint density at radius 2 is 2.17 bits per heavy atom. The van der Waals surface area contributed by atoms with Gasteiger partial charge in [0.25, 0.3) is 5.56 Å². The summed E-state index contributed by atoms with van der Waals surface area (Å²) < 4.78 is 1.67. The second-order valence-corrected chi connectivity index (χ2v) is 6.12. The SMILES string of the molecule is Cc1nc2n(c(=O)c1Cc1cccc(Cl)c1)C1C=CC=CC1=N2. The number of rotatable bonds is 2. The van der Waals surface area contributed by atoms with E-state index in [4.69, 9.17) is 11.6 Å². The van der Waals surface area contributed by atoms with Crippen molar-refractivity contribution >= 4 is 23.3 Å². The van der Waals surface area contributed by atoms with Crippen LogP contribution in [0.25, 0.3) is 0 Å². The zero-order chi connectivity index (χ0) is 16.0. The number of hydrogen-bond acceptors (Lipinski definition) is 3. The van der Waals surface area contributed by atoms with E-state index in [0.29, 0.717) is 23.0 Å². The molecular formula is C18H14ClN3O. The maximum Gasteiger partial charge on any atom is 0.259 e. The van der Waals surface area contributed by atoms with Gasteiger partial charge in [0.15, 0.2) is 0 Å². The monoisotopic (exact) mass is 323 g/mol. The minimum atomic E-state index is -0.145. The van der Waals surface area contributed by atoms with Crippen LogP contribution in [0.5, 0.6) is 0 Å². The quantitative estimate of drug-likeness (QED) is 0.848. The third-order valence-electron chi connectivity index (χ3n) is 4.15. The highest BCUT2D eigenvalue weighted by Crippen LogP contribution is 2.29. The molecule has 1 unspecified atom stereocenters. The largest absolute Gasteiger partial charge is 0.269 e. The van der Waals surface area contributed by atoms with Crippen molar-refractivity contribution in [2.75, 3.05) is 0 Å². The number of nitrogens with zero attached hydrogens (tertiary/aromatic N) is 3. The van der Waals surface area contributed by atoms with Crippen LogP contribution in [-0.4, -0.2) is 15.3 Å². The smallest absolute Gasteiger partial charge is 0.259 e. The second kappa shape index (κ2) is 5.32. The number of halogens is 1. The first kappa shape index (κ1) is 14.2. The summed E-state index contributed by atoms with van der Waals surface area (Å²) in [5.41, 5.74) is 3.23. The summed E-state index contributed by atoms with van der Waals surface area (Å²) >= 11 is 6.04. The first-order valence-corrected chi connectivity index (χ1v) is 7.81. The summed E-state index contributed by atoms with van der Waals surface area (Å²) in [4.78, 5) is 22.0. The van der Waals surface area contributed by atoms with Crippen LogP contribution in [0.4, 0.5) is 5.95 Å². The lowest BCUT2D eigenvalue weighted by Gasteiger charge is -2.15. The van der Waals surface area contributed by atoms with Gasteiger partial charge in [-0.15, -0.1) is 0 Å². The van der Waals surface area contributed by atoms with Crippen LogP contribution in [0.15, 0.2) is 58.4 Å². The first-order valence-electron chi connectivity index (χ1n) is 7.43. The van der Waals surface area contributed by atoms with Gasteiger partial charge in [-0.3, -0.25) is 9.36 Å². The molecule has 2 heterocycles. The van der Waals surface area contributed by atoms with Gasteiger partial charge in [-0.2, -0.15) is 0 Å². The minimum Gasteiger partial charge on any atom is -0.269 e. The normalized spacial score (nSPS) is 17.8. The molecule has 5 heteroatoms. The number of aromatic nitrogens is 2. The van der Waals surface area contributed by atoms with E-state index in [1.807, 2.05) is 55.5 Å². The van der Waals surface area contributed by atoms with Crippen LogP contribution in [0.2, 0.25) is 5.02 Å². The van der Waals surface area contributed by atoms with Crippen molar-refractivity contribution < 1.29 is 0 Å². The summed E-state index contributed by atoms with van der Waals surface area (Å²) in [6.45, 7) is 1.86. The van der Waals surface area contributed by atoms with Crippen molar-refractivity contribution in [3.63, 3.8) is 0 Å². The zero-order valence-corrected chi connectivity index (χ0v) is 13.3. The Morgan fingerprint density at radius 1 is 1.30 bits per heavy atom. The number of hydrogen-bond donors (Lipinski definition) is 0.